The Morgan fingerprint density at radius 3 is 2.49 bits per heavy atom. The Balaban J connectivity index is 1.65. The molecule has 0 bridgehead atoms. The van der Waals surface area contributed by atoms with Crippen LogP contribution in [0.4, 0.5) is 30.5 Å². The normalized spacial score (nSPS) is 14.4. The van der Waals surface area contributed by atoms with Gasteiger partial charge in [-0.15, -0.1) is 0 Å². The van der Waals surface area contributed by atoms with Gasteiger partial charge in [0.2, 0.25) is 0 Å². The molecule has 2 aromatic heterocycles. The molecule has 3 heterocycles. The molecule has 0 atom stereocenters. The van der Waals surface area contributed by atoms with Crippen molar-refractivity contribution in [2.24, 2.45) is 0 Å². The first-order chi connectivity index (χ1) is 16.8. The number of hydrogen-bond donors (Lipinski definition) is 2. The van der Waals surface area contributed by atoms with Gasteiger partial charge in [0.05, 0.1) is 21.8 Å². The molecule has 1 aliphatic rings. The SMILES string of the molecule is Cc1c(C(F)(F)F)cc(Nc2ccccc2)nc1-c1cc2ncnc(N3CCNCC3)c2cc1Cl. The molecule has 2 N–H and O–H groups in total. The highest BCUT2D eigenvalue weighted by Gasteiger charge is 2.35. The lowest BCUT2D eigenvalue weighted by molar-refractivity contribution is -0.138. The molecule has 0 radical (unpaired) electrons. The Labute approximate surface area is 205 Å². The lowest BCUT2D eigenvalue weighted by atomic mass is 10.00. The van der Waals surface area contributed by atoms with Gasteiger partial charge in [-0.2, -0.15) is 13.2 Å². The summed E-state index contributed by atoms with van der Waals surface area (Å²) < 4.78 is 41.9. The van der Waals surface area contributed by atoms with Gasteiger partial charge in [-0.25, -0.2) is 15.0 Å². The smallest absolute Gasteiger partial charge is 0.353 e. The van der Waals surface area contributed by atoms with Crippen LogP contribution in [-0.2, 0) is 6.18 Å². The number of fused-ring (bicyclic) bond motifs is 1. The third-order valence-electron chi connectivity index (χ3n) is 6.00. The number of alkyl halides is 3. The summed E-state index contributed by atoms with van der Waals surface area (Å²) in [4.78, 5) is 15.5. The first-order valence-corrected chi connectivity index (χ1v) is 11.5. The molecule has 1 fully saturated rings. The maximum atomic E-state index is 14.0. The fourth-order valence-corrected chi connectivity index (χ4v) is 4.53. The standard InChI is InChI=1S/C25H22ClF3N6/c1-15-19(25(27,28)29)13-22(33-16-5-3-2-4-6-16)34-23(15)17-12-21-18(11-20(17)26)24(32-14-31-21)35-9-7-30-8-10-35/h2-6,11-14,30H,7-10H2,1H3,(H,33,34). The van der Waals surface area contributed by atoms with Gasteiger partial charge in [-0.3, -0.25) is 0 Å². The zero-order chi connectivity index (χ0) is 24.6. The minimum absolute atomic E-state index is 0.00579. The number of pyridine rings is 1. The summed E-state index contributed by atoms with van der Waals surface area (Å²) in [5.74, 6) is 0.828. The van der Waals surface area contributed by atoms with Gasteiger partial charge < -0.3 is 15.5 Å². The highest BCUT2D eigenvalue weighted by molar-refractivity contribution is 6.34. The molecular formula is C25H22ClF3N6. The van der Waals surface area contributed by atoms with Crippen molar-refractivity contribution < 1.29 is 13.2 Å². The topological polar surface area (TPSA) is 66.0 Å². The van der Waals surface area contributed by atoms with Crippen LogP contribution in [0.15, 0.2) is 54.9 Å². The molecule has 10 heteroatoms. The first-order valence-electron chi connectivity index (χ1n) is 11.1. The van der Waals surface area contributed by atoms with Crippen LogP contribution < -0.4 is 15.5 Å². The average molecular weight is 499 g/mol. The summed E-state index contributed by atoms with van der Waals surface area (Å²) in [6.07, 6.45) is -3.10. The van der Waals surface area contributed by atoms with Gasteiger partial charge in [0.1, 0.15) is 18.0 Å². The average Bonchev–Trinajstić information content (AvgIpc) is 2.85. The van der Waals surface area contributed by atoms with Crippen LogP contribution in [-0.4, -0.2) is 41.1 Å². The summed E-state index contributed by atoms with van der Waals surface area (Å²) in [5.41, 5.74) is 0.955. The summed E-state index contributed by atoms with van der Waals surface area (Å²) in [6.45, 7) is 4.65. The van der Waals surface area contributed by atoms with Crippen molar-refractivity contribution in [2.45, 2.75) is 13.1 Å². The maximum absolute atomic E-state index is 14.0. The molecule has 180 valence electrons. The van der Waals surface area contributed by atoms with E-state index in [9.17, 15) is 13.2 Å². The quantitative estimate of drug-likeness (QED) is 0.369. The third-order valence-corrected chi connectivity index (χ3v) is 6.31. The lowest BCUT2D eigenvalue weighted by Crippen LogP contribution is -2.44. The molecule has 0 aliphatic carbocycles. The van der Waals surface area contributed by atoms with Crippen molar-refractivity contribution in [3.63, 3.8) is 0 Å². The predicted octanol–water partition coefficient (Wildman–Crippen LogP) is 5.83. The maximum Gasteiger partial charge on any atom is 0.416 e. The number of nitrogens with zero attached hydrogens (tertiary/aromatic N) is 4. The number of nitrogens with one attached hydrogen (secondary N) is 2. The third kappa shape index (κ3) is 4.74. The summed E-state index contributed by atoms with van der Waals surface area (Å²) in [6, 6.07) is 13.3. The molecule has 1 aliphatic heterocycles. The molecule has 35 heavy (non-hydrogen) atoms. The second kappa shape index (κ2) is 9.31. The number of hydrogen-bond acceptors (Lipinski definition) is 6. The van der Waals surface area contributed by atoms with Gasteiger partial charge in [0.25, 0.3) is 0 Å². The van der Waals surface area contributed by atoms with Crippen molar-refractivity contribution in [3.8, 4) is 11.3 Å². The van der Waals surface area contributed by atoms with Crippen molar-refractivity contribution in [2.75, 3.05) is 36.4 Å². The zero-order valence-electron chi connectivity index (χ0n) is 18.8. The number of piperazine rings is 1. The van der Waals surface area contributed by atoms with E-state index >= 15 is 0 Å². The van der Waals surface area contributed by atoms with E-state index in [-0.39, 0.29) is 22.1 Å². The number of benzene rings is 2. The van der Waals surface area contributed by atoms with Gasteiger partial charge in [-0.05, 0) is 42.8 Å². The van der Waals surface area contributed by atoms with Crippen LogP contribution >= 0.6 is 11.6 Å². The minimum Gasteiger partial charge on any atom is -0.353 e. The Hall–Kier alpha value is -3.43. The van der Waals surface area contributed by atoms with Crippen molar-refractivity contribution in [3.05, 3.63) is 71.0 Å². The highest BCUT2D eigenvalue weighted by atomic mass is 35.5. The van der Waals surface area contributed by atoms with E-state index in [1.165, 1.54) is 13.3 Å². The van der Waals surface area contributed by atoms with Crippen LogP contribution in [0.25, 0.3) is 22.2 Å². The Bertz CT molecular complexity index is 1370. The van der Waals surface area contributed by atoms with E-state index in [1.54, 1.807) is 36.4 Å². The van der Waals surface area contributed by atoms with Crippen molar-refractivity contribution in [1.82, 2.24) is 20.3 Å². The van der Waals surface area contributed by atoms with E-state index in [0.29, 0.717) is 16.8 Å². The highest BCUT2D eigenvalue weighted by Crippen LogP contribution is 2.41. The predicted molar refractivity (Wildman–Crippen MR) is 132 cm³/mol. The van der Waals surface area contributed by atoms with Gasteiger partial charge >= 0.3 is 6.18 Å². The zero-order valence-corrected chi connectivity index (χ0v) is 19.6. The second-order valence-electron chi connectivity index (χ2n) is 8.30. The van der Waals surface area contributed by atoms with E-state index in [0.717, 1.165) is 43.4 Å². The van der Waals surface area contributed by atoms with Gasteiger partial charge in [-0.1, -0.05) is 29.8 Å². The summed E-state index contributed by atoms with van der Waals surface area (Å²) >= 11 is 6.67. The van der Waals surface area contributed by atoms with E-state index in [2.05, 4.69) is 30.5 Å². The molecule has 2 aromatic carbocycles. The Morgan fingerprint density at radius 1 is 1.03 bits per heavy atom. The molecule has 1 saturated heterocycles. The van der Waals surface area contributed by atoms with Crippen LogP contribution in [0.5, 0.6) is 0 Å². The van der Waals surface area contributed by atoms with Crippen LogP contribution in [0.2, 0.25) is 5.02 Å². The molecule has 0 spiro atoms. The van der Waals surface area contributed by atoms with E-state index < -0.39 is 11.7 Å². The Morgan fingerprint density at radius 2 is 1.77 bits per heavy atom. The van der Waals surface area contributed by atoms with E-state index in [4.69, 9.17) is 11.6 Å². The fraction of sp³-hybridized carbons (Fsp3) is 0.240. The van der Waals surface area contributed by atoms with Crippen molar-refractivity contribution >= 4 is 39.8 Å². The van der Waals surface area contributed by atoms with Crippen molar-refractivity contribution in [1.29, 1.82) is 0 Å². The summed E-state index contributed by atoms with van der Waals surface area (Å²) in [7, 11) is 0. The number of aromatic nitrogens is 3. The fourth-order valence-electron chi connectivity index (χ4n) is 4.27. The van der Waals surface area contributed by atoms with Crippen LogP contribution in [0, 0.1) is 6.92 Å². The number of rotatable bonds is 4. The molecule has 6 nitrogen and oxygen atoms in total. The van der Waals surface area contributed by atoms with Gasteiger partial charge in [0, 0.05) is 42.8 Å². The number of para-hydroxylation sites is 1. The molecular weight excluding hydrogens is 477 g/mol. The van der Waals surface area contributed by atoms with E-state index in [1.807, 2.05) is 6.07 Å². The molecule has 0 amide bonds. The minimum atomic E-state index is -4.56. The second-order valence-corrected chi connectivity index (χ2v) is 8.71. The molecule has 5 rings (SSSR count). The molecule has 0 unspecified atom stereocenters. The number of anilines is 3. The monoisotopic (exact) mass is 498 g/mol. The number of halogens is 4. The molecule has 4 aromatic rings. The van der Waals surface area contributed by atoms with Crippen LogP contribution in [0.3, 0.4) is 0 Å². The van der Waals surface area contributed by atoms with Crippen LogP contribution in [0.1, 0.15) is 11.1 Å². The summed E-state index contributed by atoms with van der Waals surface area (Å²) in [5, 5.41) is 7.30. The lowest BCUT2D eigenvalue weighted by Gasteiger charge is -2.29. The molecule has 0 saturated carbocycles. The van der Waals surface area contributed by atoms with Gasteiger partial charge in [0.15, 0.2) is 0 Å². The Kier molecular flexibility index (Phi) is 6.21. The largest absolute Gasteiger partial charge is 0.416 e. The first kappa shape index (κ1) is 23.3.